The highest BCUT2D eigenvalue weighted by Crippen LogP contribution is 2.57. The summed E-state index contributed by atoms with van der Waals surface area (Å²) in [7, 11) is 0. The van der Waals surface area contributed by atoms with E-state index >= 15 is 0 Å². The van der Waals surface area contributed by atoms with Crippen LogP contribution in [0.15, 0.2) is 404 Å². The van der Waals surface area contributed by atoms with Gasteiger partial charge in [0.2, 0.25) is 6.71 Å². The maximum Gasteiger partial charge on any atom is 0.251 e. The number of nitrogens with zero attached hydrogens (tertiary/aromatic N) is 4. The number of hydrogen-bond donors (Lipinski definition) is 0. The molecule has 5 nitrogen and oxygen atoms in total. The summed E-state index contributed by atoms with van der Waals surface area (Å²) in [5.41, 5.74) is 30.9. The van der Waals surface area contributed by atoms with E-state index in [1.54, 1.807) is 0 Å². The number of ether oxygens (including phenoxy) is 1. The van der Waals surface area contributed by atoms with Gasteiger partial charge in [0, 0.05) is 72.7 Å². The van der Waals surface area contributed by atoms with E-state index in [0.717, 1.165) is 119 Å². The van der Waals surface area contributed by atoms with E-state index in [-0.39, 0.29) is 24.5 Å². The summed E-state index contributed by atoms with van der Waals surface area (Å²) in [5, 5.41) is -0.0247. The van der Waals surface area contributed by atoms with Crippen LogP contribution >= 0.6 is 11.8 Å². The maximum atomic E-state index is 7.37. The molecule has 2 unspecified atom stereocenters. The normalized spacial score (nSPS) is 14.8. The van der Waals surface area contributed by atoms with Crippen LogP contribution in [0.2, 0.25) is 5.82 Å². The van der Waals surface area contributed by atoms with Crippen LogP contribution in [0, 0.1) is 0 Å². The second-order valence-electron chi connectivity index (χ2n) is 27.3. The first-order valence-electron chi connectivity index (χ1n) is 35.9. The van der Waals surface area contributed by atoms with E-state index in [1.807, 2.05) is 11.8 Å². The summed E-state index contributed by atoms with van der Waals surface area (Å²) in [5.74, 6) is 1.81. The van der Waals surface area contributed by atoms with Crippen LogP contribution in [-0.2, 0) is 0 Å². The van der Waals surface area contributed by atoms with Crippen LogP contribution in [0.4, 0.5) is 62.6 Å². The van der Waals surface area contributed by atoms with Gasteiger partial charge in [0.05, 0.1) is 28.4 Å². The van der Waals surface area contributed by atoms with E-state index in [0.29, 0.717) is 0 Å². The van der Waals surface area contributed by atoms with Gasteiger partial charge >= 0.3 is 0 Å². The predicted molar refractivity (Wildman–Crippen MR) is 439 cm³/mol. The van der Waals surface area contributed by atoms with Crippen molar-refractivity contribution in [1.29, 1.82) is 0 Å². The predicted octanol–water partition coefficient (Wildman–Crippen LogP) is 23.1. The highest BCUT2D eigenvalue weighted by Gasteiger charge is 2.52. The summed E-state index contributed by atoms with van der Waals surface area (Å²) in [4.78, 5) is 11.4. The average molecular weight is 1350 g/mol. The lowest BCUT2D eigenvalue weighted by Gasteiger charge is -2.49. The average Bonchev–Trinajstić information content (AvgIpc) is 0.688. The fraction of sp³-hybridized carbons (Fsp3) is 0.0208. The molecule has 0 N–H and O–H groups in total. The van der Waals surface area contributed by atoms with Crippen molar-refractivity contribution >= 4 is 110 Å². The Labute approximate surface area is 612 Å². The third-order valence-electron chi connectivity index (χ3n) is 21.5. The Morgan fingerprint density at radius 1 is 0.308 bits per heavy atom. The van der Waals surface area contributed by atoms with Crippen molar-refractivity contribution in [2.24, 2.45) is 0 Å². The summed E-state index contributed by atoms with van der Waals surface area (Å²) >= 11 is 1.98. The molecule has 0 saturated heterocycles. The smallest absolute Gasteiger partial charge is 0.251 e. The minimum absolute atomic E-state index is 0.0247. The Hall–Kier alpha value is -12.7. The molecule has 8 heteroatoms. The lowest BCUT2D eigenvalue weighted by atomic mass is 9.28. The number of allylic oxidation sites excluding steroid dienone is 2. The minimum atomic E-state index is -0.164. The van der Waals surface area contributed by atoms with E-state index < -0.39 is 0 Å². The third-order valence-corrected chi connectivity index (χ3v) is 22.8. The van der Waals surface area contributed by atoms with Crippen molar-refractivity contribution in [3.8, 4) is 67.1 Å². The molecule has 4 heterocycles. The van der Waals surface area contributed by atoms with E-state index in [1.165, 1.54) is 49.0 Å². The topological polar surface area (TPSA) is 22.2 Å². The lowest BCUT2D eigenvalue weighted by molar-refractivity contribution is 0.485. The highest BCUT2D eigenvalue weighted by molar-refractivity contribution is 8.00. The second kappa shape index (κ2) is 25.7. The van der Waals surface area contributed by atoms with Gasteiger partial charge in [-0.25, -0.2) is 0 Å². The van der Waals surface area contributed by atoms with Crippen molar-refractivity contribution < 1.29 is 4.74 Å². The van der Waals surface area contributed by atoms with E-state index in [2.05, 4.69) is 408 Å². The Morgan fingerprint density at radius 3 is 1.31 bits per heavy atom. The summed E-state index contributed by atoms with van der Waals surface area (Å²) in [6.07, 6.45) is 5.41. The Balaban J connectivity index is 0.838. The van der Waals surface area contributed by atoms with E-state index in [9.17, 15) is 0 Å². The van der Waals surface area contributed by atoms with Crippen molar-refractivity contribution in [3.05, 3.63) is 399 Å². The van der Waals surface area contributed by atoms with Crippen LogP contribution in [0.25, 0.3) is 55.6 Å². The van der Waals surface area contributed by atoms with Gasteiger partial charge in [-0.2, -0.15) is 0 Å². The first kappa shape index (κ1) is 61.2. The van der Waals surface area contributed by atoms with Gasteiger partial charge in [0.1, 0.15) is 11.5 Å². The minimum Gasteiger partial charge on any atom is -0.458 e. The Morgan fingerprint density at radius 2 is 0.740 bits per heavy atom. The lowest BCUT2D eigenvalue weighted by Crippen LogP contribution is -2.59. The SMILES string of the molecule is C1=C2B3c4ccccc4N(c4ccccc4)c4cc(N(c5ccc(-c6ccccc6)cc5)c5ccccc5-c5ccccc5)cc(c43)N(c3ccccc3-c3ccccc3)C2=CC2Sc3cc(N(c4ccc(-c5ccccc5)cc4)c4ccccc4-c4ccccc4)cc4c3B(c3ccccc3O4)C12. The van der Waals surface area contributed by atoms with Gasteiger partial charge in [-0.05, 0) is 163 Å². The monoisotopic (exact) mass is 1340 g/mol. The Kier molecular flexibility index (Phi) is 15.1. The first-order valence-corrected chi connectivity index (χ1v) is 36.8. The largest absolute Gasteiger partial charge is 0.458 e. The number of hydrogen-bond acceptors (Lipinski definition) is 6. The summed E-state index contributed by atoms with van der Waals surface area (Å²) < 4.78 is 7.37. The molecular weight excluding hydrogens is 1280 g/mol. The first-order chi connectivity index (χ1) is 51.6. The fourth-order valence-corrected chi connectivity index (χ4v) is 18.4. The molecule has 0 fully saturated rings. The zero-order chi connectivity index (χ0) is 68.6. The molecule has 4 aliphatic heterocycles. The fourth-order valence-electron chi connectivity index (χ4n) is 17.0. The third kappa shape index (κ3) is 10.4. The van der Waals surface area contributed by atoms with Gasteiger partial charge in [-0.15, -0.1) is 11.8 Å². The summed E-state index contributed by atoms with van der Waals surface area (Å²) in [6, 6.07) is 138. The highest BCUT2D eigenvalue weighted by atomic mass is 32.2. The number of thioether (sulfide) groups is 1. The zero-order valence-electron chi connectivity index (χ0n) is 56.9. The molecule has 488 valence electrons. The molecule has 0 bridgehead atoms. The molecule has 15 aromatic rings. The van der Waals surface area contributed by atoms with Gasteiger partial charge in [0.25, 0.3) is 6.71 Å². The van der Waals surface area contributed by atoms with Gasteiger partial charge in [0.15, 0.2) is 0 Å². The van der Waals surface area contributed by atoms with Gasteiger partial charge in [-0.3, -0.25) is 0 Å². The van der Waals surface area contributed by atoms with Crippen LogP contribution in [0.1, 0.15) is 0 Å². The zero-order valence-corrected chi connectivity index (χ0v) is 57.7. The van der Waals surface area contributed by atoms with Crippen molar-refractivity contribution in [2.75, 3.05) is 19.6 Å². The molecule has 0 spiro atoms. The number of anilines is 11. The molecular formula is C96H66B2N4OS. The van der Waals surface area contributed by atoms with Crippen LogP contribution < -0.4 is 46.2 Å². The van der Waals surface area contributed by atoms with Crippen LogP contribution in [0.5, 0.6) is 11.5 Å². The molecule has 5 aliphatic rings. The number of para-hydroxylation sites is 6. The standard InChI is InChI=1S/C96H66B2N4OS/c1-7-29-65(30-8-1)67-51-55-73(56-52-67)99(84-46-24-19-41-77(84)69-33-11-3-12-34-69)75-59-89-95-90(60-75)102(86-48-26-21-43-79(86)71-37-15-5-16-38-71)88-64-93-83(63-82(88)97(95)80-44-22-27-49-87(80)101(89)72-39-17-6-18-40-72)98-81-45-23-28-50-91(81)103-92-61-76(62-94(104-93)96(92)98)100(74-57-53-68(54-58-74)66-31-9-2-10-32-66)85-47-25-20-42-78(85)70-35-13-4-14-36-70/h1-64,83,93H. The number of fused-ring (bicyclic) bond motifs is 8. The quantitative estimate of drug-likeness (QED) is 0.107. The van der Waals surface area contributed by atoms with E-state index in [4.69, 9.17) is 4.74 Å². The van der Waals surface area contributed by atoms with Crippen LogP contribution in [-0.4, -0.2) is 18.7 Å². The second-order valence-corrected chi connectivity index (χ2v) is 28.6. The molecule has 104 heavy (non-hydrogen) atoms. The molecule has 0 amide bonds. The molecule has 0 saturated carbocycles. The molecule has 15 aromatic carbocycles. The molecule has 1 aliphatic carbocycles. The van der Waals surface area contributed by atoms with Crippen molar-refractivity contribution in [2.45, 2.75) is 16.0 Å². The molecule has 2 atom stereocenters. The van der Waals surface area contributed by atoms with Gasteiger partial charge in [-0.1, -0.05) is 291 Å². The molecule has 0 radical (unpaired) electrons. The van der Waals surface area contributed by atoms with Crippen molar-refractivity contribution in [1.82, 2.24) is 0 Å². The molecule has 20 rings (SSSR count). The van der Waals surface area contributed by atoms with Crippen LogP contribution in [0.3, 0.4) is 0 Å². The summed E-state index contributed by atoms with van der Waals surface area (Å²) in [6.45, 7) is -0.201. The van der Waals surface area contributed by atoms with Gasteiger partial charge < -0.3 is 24.3 Å². The number of benzene rings is 15. The Bertz CT molecular complexity index is 5840. The van der Waals surface area contributed by atoms with Crippen molar-refractivity contribution in [3.63, 3.8) is 0 Å². The molecule has 0 aromatic heterocycles. The maximum absolute atomic E-state index is 7.37. The number of rotatable bonds is 13.